The van der Waals surface area contributed by atoms with Crippen molar-refractivity contribution < 1.29 is 67.4 Å². The number of nitrogens with zero attached hydrogens (tertiary/aromatic N) is 1. The van der Waals surface area contributed by atoms with Crippen molar-refractivity contribution in [2.45, 2.75) is 135 Å². The van der Waals surface area contributed by atoms with Crippen LogP contribution in [0, 0.1) is 22.2 Å². The fourth-order valence-electron chi connectivity index (χ4n) is 11.8. The molecule has 2 saturated heterocycles. The van der Waals surface area contributed by atoms with Crippen molar-refractivity contribution in [1.29, 1.82) is 0 Å². The lowest BCUT2D eigenvalue weighted by atomic mass is 9.44. The third kappa shape index (κ3) is 7.17. The van der Waals surface area contributed by atoms with Gasteiger partial charge in [0, 0.05) is 43.1 Å². The van der Waals surface area contributed by atoms with Crippen LogP contribution in [-0.2, 0) is 47.6 Å². The minimum Gasteiger partial charge on any atom is -0.456 e. The third-order valence-corrected chi connectivity index (χ3v) is 15.2. The number of esters is 4. The van der Waals surface area contributed by atoms with Gasteiger partial charge in [-0.15, -0.1) is 0 Å². The van der Waals surface area contributed by atoms with Crippen molar-refractivity contribution in [1.82, 2.24) is 4.90 Å². The number of rotatable bonds is 8. The molecule has 15 nitrogen and oxygen atoms in total. The van der Waals surface area contributed by atoms with Gasteiger partial charge in [0.25, 0.3) is 5.91 Å². The molecule has 0 aromatic heterocycles. The third-order valence-electron chi connectivity index (χ3n) is 15.2. The minimum atomic E-state index is -2.34. The largest absolute Gasteiger partial charge is 0.456 e. The van der Waals surface area contributed by atoms with Gasteiger partial charge in [0.1, 0.15) is 30.1 Å². The Labute approximate surface area is 377 Å². The van der Waals surface area contributed by atoms with Crippen LogP contribution in [0.3, 0.4) is 0 Å². The van der Waals surface area contributed by atoms with Crippen LogP contribution < -0.4 is 0 Å². The quantitative estimate of drug-likeness (QED) is 0.204. The summed E-state index contributed by atoms with van der Waals surface area (Å²) >= 11 is 0. The second-order valence-electron chi connectivity index (χ2n) is 19.4. The van der Waals surface area contributed by atoms with Crippen molar-refractivity contribution in [3.63, 3.8) is 0 Å². The normalized spacial score (nSPS) is 38.0. The van der Waals surface area contributed by atoms with Crippen LogP contribution in [0.1, 0.15) is 95.4 Å². The van der Waals surface area contributed by atoms with Gasteiger partial charge in [-0.05, 0) is 62.6 Å². The Balaban J connectivity index is 1.29. The highest BCUT2D eigenvalue weighted by molar-refractivity contribution is 5.96. The molecule has 2 heterocycles. The number of aliphatic hydroxyl groups is 2. The first kappa shape index (κ1) is 46.1. The Morgan fingerprint density at radius 3 is 2.08 bits per heavy atom. The number of carbonyl (C=O) groups excluding carboxylic acids is 6. The lowest BCUT2D eigenvalue weighted by molar-refractivity contribution is -0.346. The topological polar surface area (TPSA) is 201 Å². The fourth-order valence-corrected chi connectivity index (χ4v) is 11.8. The Morgan fingerprint density at radius 2 is 1.51 bits per heavy atom. The Hall–Kier alpha value is -5.48. The van der Waals surface area contributed by atoms with E-state index >= 15 is 9.59 Å². The molecule has 2 aromatic rings. The summed E-state index contributed by atoms with van der Waals surface area (Å²) in [5.41, 5.74) is -7.74. The molecule has 65 heavy (non-hydrogen) atoms. The second-order valence-corrected chi connectivity index (χ2v) is 19.4. The van der Waals surface area contributed by atoms with Crippen LogP contribution in [-0.4, -0.2) is 117 Å². The summed E-state index contributed by atoms with van der Waals surface area (Å²) in [4.78, 5) is 87.1. The number of fused-ring (bicyclic) bond motifs is 5. The summed E-state index contributed by atoms with van der Waals surface area (Å²) in [6.45, 7) is 11.9. The molecule has 346 valence electrons. The summed E-state index contributed by atoms with van der Waals surface area (Å²) in [5.74, 6) is -6.09. The van der Waals surface area contributed by atoms with E-state index in [9.17, 15) is 29.4 Å². The predicted molar refractivity (Wildman–Crippen MR) is 230 cm³/mol. The number of aliphatic hydroxyl groups excluding tert-OH is 1. The highest BCUT2D eigenvalue weighted by atomic mass is 16.6. The predicted octanol–water partition coefficient (Wildman–Crippen LogP) is 4.98. The first-order chi connectivity index (χ1) is 30.6. The molecule has 2 aliphatic heterocycles. The van der Waals surface area contributed by atoms with E-state index in [1.165, 1.54) is 26.0 Å². The SMILES string of the molecule is CC(=O)O[C@H]1C(=O)[C@@]2(C)[C@H]([C@H](OC(=O)c3ccccc3)[C@]3(O)C[C@H](OC(=O)[C@@H]4O[C@H](C)N(C(=O)c5ccccc5)[C@H]4C4(C)C=CC=CC4)C(C)=C1C3(C)C)[C@]1(OC(C)=O)CO[C@@H]1C[C@@H]2O. The van der Waals surface area contributed by atoms with Gasteiger partial charge in [0.2, 0.25) is 0 Å². The molecule has 15 heteroatoms. The molecule has 4 fully saturated rings. The second kappa shape index (κ2) is 16.4. The number of benzene rings is 2. The van der Waals surface area contributed by atoms with Gasteiger partial charge >= 0.3 is 23.9 Å². The molecule has 0 spiro atoms. The van der Waals surface area contributed by atoms with E-state index in [2.05, 4.69) is 0 Å². The van der Waals surface area contributed by atoms with E-state index in [4.69, 9.17) is 28.4 Å². The molecule has 2 saturated carbocycles. The van der Waals surface area contributed by atoms with Crippen molar-refractivity contribution in [2.75, 3.05) is 6.61 Å². The summed E-state index contributed by atoms with van der Waals surface area (Å²) in [7, 11) is 0. The van der Waals surface area contributed by atoms with Crippen molar-refractivity contribution in [3.8, 4) is 0 Å². The average molecular weight is 896 g/mol. The van der Waals surface area contributed by atoms with Crippen molar-refractivity contribution >= 4 is 35.6 Å². The van der Waals surface area contributed by atoms with Gasteiger partial charge in [-0.2, -0.15) is 0 Å². The number of allylic oxidation sites excluding steroid dienone is 3. The number of amides is 1. The maximum Gasteiger partial charge on any atom is 0.338 e. The summed E-state index contributed by atoms with van der Waals surface area (Å²) in [6.07, 6.45) is -2.34. The smallest absolute Gasteiger partial charge is 0.338 e. The van der Waals surface area contributed by atoms with Gasteiger partial charge in [0.05, 0.1) is 35.6 Å². The Bertz CT molecular complexity index is 2380. The molecular formula is C50H57NO14. The van der Waals surface area contributed by atoms with Crippen LogP contribution in [0.5, 0.6) is 0 Å². The number of ether oxygens (including phenoxy) is 6. The van der Waals surface area contributed by atoms with Gasteiger partial charge in [-0.25, -0.2) is 9.59 Å². The first-order valence-electron chi connectivity index (χ1n) is 22.1. The van der Waals surface area contributed by atoms with Gasteiger partial charge < -0.3 is 43.5 Å². The van der Waals surface area contributed by atoms with Crippen LogP contribution in [0.25, 0.3) is 0 Å². The highest BCUT2D eigenvalue weighted by Crippen LogP contribution is 2.64. The van der Waals surface area contributed by atoms with Gasteiger partial charge in [-0.3, -0.25) is 19.2 Å². The fraction of sp³-hybridized carbons (Fsp3) is 0.520. The standard InChI is InChI=1S/C50H57NO14/c1-27-33(63-45(58)38-40(47(7)22-16-11-17-23-47)51(28(2)61-38)43(56)31-18-12-9-13-19-31)25-50(59)42(64-44(57)32-20-14-10-15-21-32)39-48(8,34(54)24-35-49(39,26-60-35)65-30(4)53)41(55)37(62-29(3)52)36(27)46(50,5)6/h9-22,28,33-35,37-40,42,54,59H,23-26H2,1-8H3/t28-,33+,34+,35-,37-,38-,39+,40-,42+,47?,48-,49+,50-/m1/s1. The van der Waals surface area contributed by atoms with E-state index in [0.717, 1.165) is 6.92 Å². The molecule has 13 atom stereocenters. The molecule has 2 N–H and O–H groups in total. The molecule has 8 rings (SSSR count). The number of ketones is 1. The van der Waals surface area contributed by atoms with E-state index in [1.807, 2.05) is 31.2 Å². The maximum atomic E-state index is 15.6. The highest BCUT2D eigenvalue weighted by Gasteiger charge is 2.78. The van der Waals surface area contributed by atoms with E-state index in [-0.39, 0.29) is 35.6 Å². The van der Waals surface area contributed by atoms with Crippen LogP contribution in [0.4, 0.5) is 0 Å². The molecule has 4 aliphatic carbocycles. The zero-order chi connectivity index (χ0) is 47.0. The molecule has 2 bridgehead atoms. The lowest BCUT2D eigenvalue weighted by Gasteiger charge is -2.67. The van der Waals surface area contributed by atoms with Crippen molar-refractivity contribution in [3.05, 3.63) is 107 Å². The number of Topliss-reactive ketones (excluding diaryl/α,β-unsaturated/α-hetero) is 1. The molecule has 1 amide bonds. The van der Waals surface area contributed by atoms with Crippen molar-refractivity contribution in [2.24, 2.45) is 22.2 Å². The Morgan fingerprint density at radius 1 is 0.862 bits per heavy atom. The molecule has 2 aromatic carbocycles. The Kier molecular flexibility index (Phi) is 11.7. The van der Waals surface area contributed by atoms with Crippen LogP contribution >= 0.6 is 0 Å². The number of carbonyl (C=O) groups is 6. The average Bonchev–Trinajstić information content (AvgIpc) is 3.62. The summed E-state index contributed by atoms with van der Waals surface area (Å²) in [6, 6.07) is 15.7. The zero-order valence-corrected chi connectivity index (χ0v) is 37.8. The molecule has 0 radical (unpaired) electrons. The molecular weight excluding hydrogens is 839 g/mol. The van der Waals surface area contributed by atoms with Crippen LogP contribution in [0.2, 0.25) is 0 Å². The first-order valence-corrected chi connectivity index (χ1v) is 22.1. The molecule has 6 aliphatic rings. The maximum absolute atomic E-state index is 15.6. The van der Waals surface area contributed by atoms with Crippen LogP contribution in [0.15, 0.2) is 96.1 Å². The minimum absolute atomic E-state index is 0.0656. The lowest BCUT2D eigenvalue weighted by Crippen LogP contribution is -2.82. The number of hydrogen-bond donors (Lipinski definition) is 2. The summed E-state index contributed by atoms with van der Waals surface area (Å²) in [5, 5.41) is 26.0. The van der Waals surface area contributed by atoms with Gasteiger partial charge in [0.15, 0.2) is 23.6 Å². The zero-order valence-electron chi connectivity index (χ0n) is 37.8. The monoisotopic (exact) mass is 895 g/mol. The number of hydrogen-bond acceptors (Lipinski definition) is 14. The van der Waals surface area contributed by atoms with E-state index < -0.39 is 118 Å². The van der Waals surface area contributed by atoms with E-state index in [0.29, 0.717) is 12.0 Å². The summed E-state index contributed by atoms with van der Waals surface area (Å²) < 4.78 is 37.3. The molecule has 1 unspecified atom stereocenters. The van der Waals surface area contributed by atoms with Gasteiger partial charge in [-0.1, -0.05) is 81.5 Å². The van der Waals surface area contributed by atoms with E-state index in [1.54, 1.807) is 81.1 Å².